The molecule has 1 aliphatic heterocycles. The van der Waals surface area contributed by atoms with Gasteiger partial charge in [-0.1, -0.05) is 0 Å². The van der Waals surface area contributed by atoms with Crippen LogP contribution in [0.4, 0.5) is 0 Å². The molecule has 1 N–H and O–H groups in total. The van der Waals surface area contributed by atoms with Gasteiger partial charge in [-0.05, 0) is 11.9 Å². The van der Waals surface area contributed by atoms with Crippen LogP contribution in [0.15, 0.2) is 12.3 Å². The lowest BCUT2D eigenvalue weighted by Crippen LogP contribution is -1.96. The molecule has 1 heterocycles. The van der Waals surface area contributed by atoms with Crippen molar-refractivity contribution in [2.75, 3.05) is 0 Å². The van der Waals surface area contributed by atoms with Gasteiger partial charge in [0.25, 0.3) is 0 Å². The van der Waals surface area contributed by atoms with Gasteiger partial charge in [-0.2, -0.15) is 0 Å². The van der Waals surface area contributed by atoms with Crippen molar-refractivity contribution in [3.63, 3.8) is 0 Å². The third kappa shape index (κ3) is 0.814. The Hall–Kier alpha value is -0.330. The van der Waals surface area contributed by atoms with Crippen molar-refractivity contribution in [1.82, 2.24) is 5.25 Å². The summed E-state index contributed by atoms with van der Waals surface area (Å²) >= 11 is 0. The molecule has 1 rings (SSSR count). The fourth-order valence-electron chi connectivity index (χ4n) is 0.209. The molecule has 3 heteroatoms. The van der Waals surface area contributed by atoms with E-state index in [1.54, 1.807) is 6.26 Å². The van der Waals surface area contributed by atoms with Crippen LogP contribution in [0.1, 0.15) is 0 Å². The molecule has 0 unspecified atom stereocenters. The lowest BCUT2D eigenvalue weighted by molar-refractivity contribution is 0.212. The van der Waals surface area contributed by atoms with Crippen molar-refractivity contribution in [3.8, 4) is 0 Å². The summed E-state index contributed by atoms with van der Waals surface area (Å²) in [6.45, 7) is 0. The largest absolute Gasteiger partial charge is 0.408 e. The zero-order chi connectivity index (χ0) is 4.24. The molecule has 0 bridgehead atoms. The Morgan fingerprint density at radius 1 is 1.67 bits per heavy atom. The quantitative estimate of drug-likeness (QED) is 0.453. The number of rotatable bonds is 0. The van der Waals surface area contributed by atoms with E-state index in [4.69, 9.17) is 0 Å². The molecule has 0 aliphatic carbocycles. The summed E-state index contributed by atoms with van der Waals surface area (Å²) < 4.78 is 0. The van der Waals surface area contributed by atoms with Crippen molar-refractivity contribution in [2.24, 2.45) is 0 Å². The third-order valence-electron chi connectivity index (χ3n) is 0.413. The Morgan fingerprint density at radius 2 is 2.67 bits per heavy atom. The number of hydrogen-bond donors (Lipinski definition) is 1. The molecule has 0 amide bonds. The Bertz CT molecular complexity index is 76.8. The summed E-state index contributed by atoms with van der Waals surface area (Å²) in [5.74, 6) is 1.95. The number of allylic oxidation sites excluding steroid dienone is 1. The fourth-order valence-corrected chi connectivity index (χ4v) is 0.548. The fraction of sp³-hybridized carbons (Fsp3) is 0. The predicted octanol–water partition coefficient (Wildman–Crippen LogP) is 0.698. The Morgan fingerprint density at radius 3 is 2.83 bits per heavy atom. The molecular formula is C3H4NOP. The molecular weight excluding hydrogens is 97.0 g/mol. The van der Waals surface area contributed by atoms with Gasteiger partial charge in [-0.15, -0.1) is 5.25 Å². The molecule has 0 radical (unpaired) electrons. The van der Waals surface area contributed by atoms with Gasteiger partial charge in [-0.3, -0.25) is 0 Å². The van der Waals surface area contributed by atoms with Crippen LogP contribution in [-0.2, 0) is 4.84 Å². The molecule has 0 aromatic carbocycles. The first kappa shape index (κ1) is 3.85. The highest BCUT2D eigenvalue weighted by Crippen LogP contribution is 1.90. The molecule has 0 atom stereocenters. The monoisotopic (exact) mass is 101 g/mol. The van der Waals surface area contributed by atoms with Crippen LogP contribution in [0.3, 0.4) is 0 Å². The average Bonchev–Trinajstić information content (AvgIpc) is 1.72. The van der Waals surface area contributed by atoms with E-state index in [1.165, 1.54) is 0 Å². The lowest BCUT2D eigenvalue weighted by atomic mass is 10.7. The summed E-state index contributed by atoms with van der Waals surface area (Å²) in [5, 5.41) is 2.61. The highest BCUT2D eigenvalue weighted by Gasteiger charge is 1.74. The topological polar surface area (TPSA) is 21.3 Å². The zero-order valence-corrected chi connectivity index (χ0v) is 3.98. The van der Waals surface area contributed by atoms with Crippen LogP contribution in [0.5, 0.6) is 0 Å². The molecule has 1 aliphatic rings. The van der Waals surface area contributed by atoms with Crippen molar-refractivity contribution >= 4 is 14.2 Å². The van der Waals surface area contributed by atoms with E-state index in [0.717, 1.165) is 8.35 Å². The normalized spacial score (nSPS) is 20.0. The van der Waals surface area contributed by atoms with Crippen LogP contribution >= 0.6 is 8.35 Å². The minimum Gasteiger partial charge on any atom is -0.408 e. The lowest BCUT2D eigenvalue weighted by Gasteiger charge is -1.94. The Labute approximate surface area is 37.6 Å². The van der Waals surface area contributed by atoms with Crippen molar-refractivity contribution in [3.05, 3.63) is 12.3 Å². The van der Waals surface area contributed by atoms with Crippen LogP contribution in [0.2, 0.25) is 0 Å². The van der Waals surface area contributed by atoms with Gasteiger partial charge in [0.2, 0.25) is 0 Å². The van der Waals surface area contributed by atoms with Crippen molar-refractivity contribution in [1.29, 1.82) is 0 Å². The Balaban J connectivity index is 2.46. The molecule has 0 aromatic rings. The van der Waals surface area contributed by atoms with Gasteiger partial charge < -0.3 is 4.84 Å². The third-order valence-corrected chi connectivity index (χ3v) is 0.945. The second-order valence-corrected chi connectivity index (χ2v) is 1.55. The highest BCUT2D eigenvalue weighted by molar-refractivity contribution is 7.36. The van der Waals surface area contributed by atoms with Crippen LogP contribution in [0.25, 0.3) is 0 Å². The van der Waals surface area contributed by atoms with Gasteiger partial charge in [0.05, 0.1) is 0 Å². The molecule has 0 fully saturated rings. The summed E-state index contributed by atoms with van der Waals surface area (Å²) in [5.41, 5.74) is 0. The summed E-state index contributed by atoms with van der Waals surface area (Å²) in [4.78, 5) is 4.60. The van der Waals surface area contributed by atoms with Crippen LogP contribution < -0.4 is 5.25 Å². The van der Waals surface area contributed by atoms with Crippen molar-refractivity contribution in [2.45, 2.75) is 0 Å². The molecule has 6 heavy (non-hydrogen) atoms. The standard InChI is InChI=1S/C3H4NOP/c1-2-5-4-6-3-1/h1-4H. The SMILES string of the molecule is C1=CONP=C1. The second kappa shape index (κ2) is 1.96. The number of hydrogen-bond acceptors (Lipinski definition) is 2. The molecule has 0 aromatic heterocycles. The van der Waals surface area contributed by atoms with Gasteiger partial charge in [0.15, 0.2) is 0 Å². The maximum Gasteiger partial charge on any atom is 0.112 e. The van der Waals surface area contributed by atoms with Gasteiger partial charge in [0.1, 0.15) is 6.26 Å². The second-order valence-electron chi connectivity index (χ2n) is 0.816. The first-order chi connectivity index (χ1) is 3.00. The first-order valence-electron chi connectivity index (χ1n) is 1.59. The minimum absolute atomic E-state index is 1.01. The van der Waals surface area contributed by atoms with Crippen molar-refractivity contribution < 1.29 is 4.84 Å². The van der Waals surface area contributed by atoms with E-state index < -0.39 is 0 Å². The highest BCUT2D eigenvalue weighted by atomic mass is 31.1. The smallest absolute Gasteiger partial charge is 0.112 e. The predicted molar refractivity (Wildman–Crippen MR) is 26.3 cm³/mol. The molecule has 0 spiro atoms. The maximum absolute atomic E-state index is 4.60. The summed E-state index contributed by atoms with van der Waals surface area (Å²) in [6, 6.07) is 0. The van der Waals surface area contributed by atoms with Crippen LogP contribution in [-0.4, -0.2) is 5.80 Å². The molecule has 0 saturated heterocycles. The molecule has 0 saturated carbocycles. The van der Waals surface area contributed by atoms with E-state index in [-0.39, 0.29) is 0 Å². The summed E-state index contributed by atoms with van der Waals surface area (Å²) in [7, 11) is 1.01. The summed E-state index contributed by atoms with van der Waals surface area (Å²) in [6.07, 6.45) is 3.44. The van der Waals surface area contributed by atoms with Crippen LogP contribution in [0, 0.1) is 0 Å². The zero-order valence-electron chi connectivity index (χ0n) is 3.09. The Kier molecular flexibility index (Phi) is 1.25. The van der Waals surface area contributed by atoms with E-state index in [1.807, 2.05) is 11.9 Å². The number of nitrogens with one attached hydrogen (secondary N) is 1. The van der Waals surface area contributed by atoms with Gasteiger partial charge in [-0.25, -0.2) is 0 Å². The minimum atomic E-state index is 1.01. The van der Waals surface area contributed by atoms with E-state index >= 15 is 0 Å². The van der Waals surface area contributed by atoms with E-state index in [0.29, 0.717) is 0 Å². The average molecular weight is 101 g/mol. The van der Waals surface area contributed by atoms with Gasteiger partial charge in [0, 0.05) is 8.35 Å². The first-order valence-corrected chi connectivity index (χ1v) is 2.55. The maximum atomic E-state index is 4.60. The molecule has 2 nitrogen and oxygen atoms in total. The van der Waals surface area contributed by atoms with E-state index in [2.05, 4.69) is 10.1 Å². The van der Waals surface area contributed by atoms with E-state index in [9.17, 15) is 0 Å². The molecule has 32 valence electrons. The van der Waals surface area contributed by atoms with Gasteiger partial charge >= 0.3 is 0 Å².